The van der Waals surface area contributed by atoms with E-state index in [1.807, 2.05) is 5.38 Å². The van der Waals surface area contributed by atoms with Crippen molar-refractivity contribution in [2.45, 2.75) is 44.4 Å². The van der Waals surface area contributed by atoms with Gasteiger partial charge in [0.25, 0.3) is 0 Å². The second kappa shape index (κ2) is 3.93. The van der Waals surface area contributed by atoms with E-state index in [0.29, 0.717) is 5.69 Å². The number of nitrogens with zero attached hydrogens (tertiary/aromatic N) is 1. The fraction of sp³-hybridized carbons (Fsp3) is 0.636. The molecule has 4 heteroatoms. The molecule has 15 heavy (non-hydrogen) atoms. The van der Waals surface area contributed by atoms with E-state index in [2.05, 4.69) is 11.9 Å². The van der Waals surface area contributed by atoms with Gasteiger partial charge in [0.15, 0.2) is 0 Å². The number of hydrogen-bond acceptors (Lipinski definition) is 3. The standard InChI is InChI=1S/C11H15NO2S/c1-11(4-2-3-5-11)10-12-8(7-15-10)6-9(13)14/h7H,2-6H2,1H3,(H,13,14). The van der Waals surface area contributed by atoms with E-state index in [4.69, 9.17) is 5.11 Å². The third-order valence-corrected chi connectivity index (χ3v) is 4.30. The van der Waals surface area contributed by atoms with Gasteiger partial charge in [0.1, 0.15) is 0 Å². The van der Waals surface area contributed by atoms with E-state index in [0.717, 1.165) is 5.01 Å². The predicted octanol–water partition coefficient (Wildman–Crippen LogP) is 2.60. The van der Waals surface area contributed by atoms with E-state index < -0.39 is 5.97 Å². The highest BCUT2D eigenvalue weighted by Crippen LogP contribution is 2.41. The minimum atomic E-state index is -0.802. The Kier molecular flexibility index (Phi) is 2.78. The van der Waals surface area contributed by atoms with Gasteiger partial charge in [-0.1, -0.05) is 19.8 Å². The highest BCUT2D eigenvalue weighted by atomic mass is 32.1. The summed E-state index contributed by atoms with van der Waals surface area (Å²) in [5, 5.41) is 11.7. The first kappa shape index (κ1) is 10.6. The molecule has 1 aliphatic carbocycles. The van der Waals surface area contributed by atoms with Crippen molar-refractivity contribution >= 4 is 17.3 Å². The zero-order valence-corrected chi connectivity index (χ0v) is 9.64. The van der Waals surface area contributed by atoms with Crippen LogP contribution in [0, 0.1) is 0 Å². The molecular weight excluding hydrogens is 210 g/mol. The lowest BCUT2D eigenvalue weighted by Gasteiger charge is -2.19. The molecule has 1 fully saturated rings. The van der Waals surface area contributed by atoms with E-state index in [-0.39, 0.29) is 11.8 Å². The maximum absolute atomic E-state index is 10.5. The number of carbonyl (C=O) groups is 1. The number of rotatable bonds is 3. The van der Waals surface area contributed by atoms with Gasteiger partial charge in [-0.2, -0.15) is 0 Å². The largest absolute Gasteiger partial charge is 0.481 e. The minimum Gasteiger partial charge on any atom is -0.481 e. The minimum absolute atomic E-state index is 0.0482. The van der Waals surface area contributed by atoms with Crippen molar-refractivity contribution < 1.29 is 9.90 Å². The lowest BCUT2D eigenvalue weighted by Crippen LogP contribution is -2.16. The summed E-state index contributed by atoms with van der Waals surface area (Å²) in [5.41, 5.74) is 0.914. The summed E-state index contributed by atoms with van der Waals surface area (Å²) < 4.78 is 0. The number of aliphatic carboxylic acids is 1. The van der Waals surface area contributed by atoms with Gasteiger partial charge in [-0.05, 0) is 12.8 Å². The first-order valence-corrected chi connectivity index (χ1v) is 6.15. The molecule has 0 atom stereocenters. The molecule has 0 amide bonds. The molecule has 1 saturated carbocycles. The van der Waals surface area contributed by atoms with Crippen LogP contribution in [-0.4, -0.2) is 16.1 Å². The van der Waals surface area contributed by atoms with Crippen LogP contribution >= 0.6 is 11.3 Å². The average molecular weight is 225 g/mol. The fourth-order valence-corrected chi connectivity index (χ4v) is 3.23. The summed E-state index contributed by atoms with van der Waals surface area (Å²) in [7, 11) is 0. The van der Waals surface area contributed by atoms with Crippen molar-refractivity contribution in [3.63, 3.8) is 0 Å². The molecular formula is C11H15NO2S. The molecule has 0 unspecified atom stereocenters. The number of aromatic nitrogens is 1. The lowest BCUT2D eigenvalue weighted by atomic mass is 9.90. The number of thiazole rings is 1. The van der Waals surface area contributed by atoms with Crippen LogP contribution in [0.5, 0.6) is 0 Å². The van der Waals surface area contributed by atoms with E-state index in [1.165, 1.54) is 25.7 Å². The molecule has 0 radical (unpaired) electrons. The van der Waals surface area contributed by atoms with Crippen molar-refractivity contribution in [3.05, 3.63) is 16.1 Å². The highest BCUT2D eigenvalue weighted by Gasteiger charge is 2.33. The van der Waals surface area contributed by atoms with Crippen LogP contribution in [0.15, 0.2) is 5.38 Å². The Morgan fingerprint density at radius 1 is 1.60 bits per heavy atom. The molecule has 1 aromatic rings. The van der Waals surface area contributed by atoms with Crippen LogP contribution in [0.1, 0.15) is 43.3 Å². The summed E-state index contributed by atoms with van der Waals surface area (Å²) in [5.74, 6) is -0.802. The SMILES string of the molecule is CC1(c2nc(CC(=O)O)cs2)CCCC1. The maximum atomic E-state index is 10.5. The normalized spacial score (nSPS) is 19.3. The maximum Gasteiger partial charge on any atom is 0.309 e. The van der Waals surface area contributed by atoms with Crippen molar-refractivity contribution in [2.75, 3.05) is 0 Å². The van der Waals surface area contributed by atoms with Crippen molar-refractivity contribution in [3.8, 4) is 0 Å². The van der Waals surface area contributed by atoms with Gasteiger partial charge in [0, 0.05) is 10.8 Å². The summed E-state index contributed by atoms with van der Waals surface area (Å²) in [6.07, 6.45) is 4.96. The molecule has 0 bridgehead atoms. The molecule has 3 nitrogen and oxygen atoms in total. The Bertz CT molecular complexity index is 366. The molecule has 1 heterocycles. The molecule has 1 aromatic heterocycles. The zero-order valence-electron chi connectivity index (χ0n) is 8.82. The second-order valence-corrected chi connectivity index (χ2v) is 5.34. The molecule has 0 spiro atoms. The summed E-state index contributed by atoms with van der Waals surface area (Å²) in [6.45, 7) is 2.24. The van der Waals surface area contributed by atoms with Crippen LogP contribution in [0.2, 0.25) is 0 Å². The van der Waals surface area contributed by atoms with Crippen LogP contribution in [0.3, 0.4) is 0 Å². The average Bonchev–Trinajstić information content (AvgIpc) is 2.74. The van der Waals surface area contributed by atoms with Crippen LogP contribution in [-0.2, 0) is 16.6 Å². The Morgan fingerprint density at radius 3 is 2.87 bits per heavy atom. The van der Waals surface area contributed by atoms with Gasteiger partial charge in [-0.25, -0.2) is 4.98 Å². The van der Waals surface area contributed by atoms with Crippen LogP contribution in [0.4, 0.5) is 0 Å². The summed E-state index contributed by atoms with van der Waals surface area (Å²) >= 11 is 1.61. The molecule has 2 rings (SSSR count). The summed E-state index contributed by atoms with van der Waals surface area (Å²) in [4.78, 5) is 15.0. The third kappa shape index (κ3) is 2.20. The predicted molar refractivity (Wildman–Crippen MR) is 59.3 cm³/mol. The number of hydrogen-bond donors (Lipinski definition) is 1. The smallest absolute Gasteiger partial charge is 0.309 e. The molecule has 0 aromatic carbocycles. The van der Waals surface area contributed by atoms with Gasteiger partial charge in [-0.3, -0.25) is 4.79 Å². The molecule has 0 saturated heterocycles. The van der Waals surface area contributed by atoms with Crippen LogP contribution < -0.4 is 0 Å². The Labute approximate surface area is 93.2 Å². The first-order chi connectivity index (χ1) is 7.10. The Hall–Kier alpha value is -0.900. The van der Waals surface area contributed by atoms with Gasteiger partial charge in [-0.15, -0.1) is 11.3 Å². The van der Waals surface area contributed by atoms with E-state index in [1.54, 1.807) is 11.3 Å². The zero-order chi connectivity index (χ0) is 10.9. The van der Waals surface area contributed by atoms with E-state index >= 15 is 0 Å². The van der Waals surface area contributed by atoms with Crippen molar-refractivity contribution in [2.24, 2.45) is 0 Å². The van der Waals surface area contributed by atoms with Gasteiger partial charge < -0.3 is 5.11 Å². The monoisotopic (exact) mass is 225 g/mol. The number of carboxylic acids is 1. The molecule has 82 valence electrons. The molecule has 1 aliphatic rings. The highest BCUT2D eigenvalue weighted by molar-refractivity contribution is 7.09. The van der Waals surface area contributed by atoms with Crippen molar-refractivity contribution in [1.82, 2.24) is 4.98 Å². The van der Waals surface area contributed by atoms with Gasteiger partial charge in [0.05, 0.1) is 17.1 Å². The molecule has 0 aliphatic heterocycles. The van der Waals surface area contributed by atoms with Crippen molar-refractivity contribution in [1.29, 1.82) is 0 Å². The quantitative estimate of drug-likeness (QED) is 0.860. The Balaban J connectivity index is 2.15. The van der Waals surface area contributed by atoms with Gasteiger partial charge in [0.2, 0.25) is 0 Å². The summed E-state index contributed by atoms with van der Waals surface area (Å²) in [6, 6.07) is 0. The van der Waals surface area contributed by atoms with E-state index in [9.17, 15) is 4.79 Å². The van der Waals surface area contributed by atoms with Crippen LogP contribution in [0.25, 0.3) is 0 Å². The lowest BCUT2D eigenvalue weighted by molar-refractivity contribution is -0.136. The fourth-order valence-electron chi connectivity index (χ4n) is 2.19. The number of carboxylic acid groups (broad SMARTS) is 1. The van der Waals surface area contributed by atoms with Gasteiger partial charge >= 0.3 is 5.97 Å². The molecule has 1 N–H and O–H groups in total. The second-order valence-electron chi connectivity index (χ2n) is 4.48. The Morgan fingerprint density at radius 2 is 2.27 bits per heavy atom. The topological polar surface area (TPSA) is 50.2 Å². The first-order valence-electron chi connectivity index (χ1n) is 5.27. The third-order valence-electron chi connectivity index (χ3n) is 3.11.